The molecular weight excluding hydrogens is 300 g/mol. The van der Waals surface area contributed by atoms with Crippen LogP contribution in [0.2, 0.25) is 0 Å². The van der Waals surface area contributed by atoms with Crippen LogP contribution >= 0.6 is 0 Å². The zero-order valence-electron chi connectivity index (χ0n) is 16.4. The molecule has 0 radical (unpaired) electrons. The van der Waals surface area contributed by atoms with Gasteiger partial charge >= 0.3 is 0 Å². The normalized spacial score (nSPS) is 15.5. The van der Waals surface area contributed by atoms with E-state index in [9.17, 15) is 0 Å². The Balaban J connectivity index is 2.04. The van der Waals surface area contributed by atoms with Gasteiger partial charge in [-0.25, -0.2) is 0 Å². The fraction of sp³-hybridized carbons (Fsp3) is 0.360. The summed E-state index contributed by atoms with van der Waals surface area (Å²) < 4.78 is 0. The van der Waals surface area contributed by atoms with Crippen molar-refractivity contribution in [1.29, 1.82) is 0 Å². The predicted molar refractivity (Wildman–Crippen MR) is 112 cm³/mol. The highest BCUT2D eigenvalue weighted by molar-refractivity contribution is 5.83. The minimum atomic E-state index is 0.0496. The van der Waals surface area contributed by atoms with Gasteiger partial charge in [-0.05, 0) is 45.2 Å². The Morgan fingerprint density at radius 2 is 1.08 bits per heavy atom. The summed E-state index contributed by atoms with van der Waals surface area (Å²) in [6.45, 7) is 13.6. The third-order valence-corrected chi connectivity index (χ3v) is 5.07. The molecule has 2 aromatic carbocycles. The molecule has 0 unspecified atom stereocenters. The summed E-state index contributed by atoms with van der Waals surface area (Å²) in [5, 5.41) is 0. The smallest absolute Gasteiger partial charge is 0.0159 e. The summed E-state index contributed by atoms with van der Waals surface area (Å²) in [6.07, 6.45) is 9.04. The molecule has 0 aliphatic heterocycles. The zero-order valence-corrected chi connectivity index (χ0v) is 16.4. The van der Waals surface area contributed by atoms with Gasteiger partial charge in [-0.2, -0.15) is 0 Å². The molecule has 0 N–H and O–H groups in total. The van der Waals surface area contributed by atoms with Gasteiger partial charge in [-0.1, -0.05) is 102 Å². The number of benzene rings is 2. The molecule has 0 spiro atoms. The van der Waals surface area contributed by atoms with E-state index in [0.29, 0.717) is 11.8 Å². The van der Waals surface area contributed by atoms with E-state index in [2.05, 4.69) is 102 Å². The topological polar surface area (TPSA) is 0 Å². The van der Waals surface area contributed by atoms with Crippen molar-refractivity contribution in [2.75, 3.05) is 0 Å². The Morgan fingerprint density at radius 1 is 0.680 bits per heavy atom. The van der Waals surface area contributed by atoms with Crippen molar-refractivity contribution in [2.24, 2.45) is 11.8 Å². The molecule has 0 heterocycles. The summed E-state index contributed by atoms with van der Waals surface area (Å²) in [5.74, 6) is 1.16. The molecule has 0 bridgehead atoms. The Kier molecular flexibility index (Phi) is 4.73. The minimum absolute atomic E-state index is 0.0496. The molecule has 0 saturated heterocycles. The van der Waals surface area contributed by atoms with Gasteiger partial charge in [-0.3, -0.25) is 0 Å². The van der Waals surface area contributed by atoms with Crippen molar-refractivity contribution >= 4 is 12.2 Å². The van der Waals surface area contributed by atoms with Crippen molar-refractivity contribution in [3.05, 3.63) is 70.8 Å². The van der Waals surface area contributed by atoms with E-state index in [1.807, 2.05) is 0 Å². The molecule has 0 fully saturated rings. The Bertz CT molecular complexity index is 760. The first-order chi connectivity index (χ1) is 11.8. The summed E-state index contributed by atoms with van der Waals surface area (Å²) in [6, 6.07) is 13.8. The van der Waals surface area contributed by atoms with Gasteiger partial charge in [0, 0.05) is 5.41 Å². The molecule has 0 nitrogen and oxygen atoms in total. The van der Waals surface area contributed by atoms with Crippen molar-refractivity contribution < 1.29 is 0 Å². The number of hydrogen-bond donors (Lipinski definition) is 0. The van der Waals surface area contributed by atoms with Crippen molar-refractivity contribution in [3.63, 3.8) is 0 Å². The molecule has 2 aromatic rings. The van der Waals surface area contributed by atoms with Crippen LogP contribution in [0.3, 0.4) is 0 Å². The largest absolute Gasteiger partial charge is 0.0814 e. The quantitative estimate of drug-likeness (QED) is 0.550. The molecule has 1 aliphatic rings. The van der Waals surface area contributed by atoms with E-state index < -0.39 is 0 Å². The van der Waals surface area contributed by atoms with E-state index in [1.165, 1.54) is 33.4 Å². The lowest BCUT2D eigenvalue weighted by atomic mass is 9.81. The van der Waals surface area contributed by atoms with Crippen molar-refractivity contribution in [2.45, 2.75) is 47.0 Å². The lowest BCUT2D eigenvalue weighted by Gasteiger charge is -2.22. The van der Waals surface area contributed by atoms with Gasteiger partial charge in [-0.15, -0.1) is 0 Å². The molecule has 25 heavy (non-hydrogen) atoms. The third kappa shape index (κ3) is 3.49. The zero-order chi connectivity index (χ0) is 18.2. The van der Waals surface area contributed by atoms with Crippen molar-refractivity contribution in [3.8, 4) is 11.1 Å². The molecular formula is C25H30. The average molecular weight is 331 g/mol. The third-order valence-electron chi connectivity index (χ3n) is 5.07. The van der Waals surface area contributed by atoms with Gasteiger partial charge in [0.15, 0.2) is 0 Å². The SMILES string of the molecule is CC(C)/C=C/c1ccc2c(c1)C(C)(C)c1cc(/C=C/C(C)C)ccc1-2. The van der Waals surface area contributed by atoms with Gasteiger partial charge < -0.3 is 0 Å². The lowest BCUT2D eigenvalue weighted by molar-refractivity contribution is 0.660. The molecule has 0 aromatic heterocycles. The maximum absolute atomic E-state index is 2.37. The number of fused-ring (bicyclic) bond motifs is 3. The Hall–Kier alpha value is -2.08. The standard InChI is InChI=1S/C25H30/c1-17(2)7-9-19-11-13-21-22-14-12-20(10-8-18(3)4)16-24(22)25(5,6)23(21)15-19/h7-18H,1-6H3/b9-7+,10-8+. The predicted octanol–water partition coefficient (Wildman–Crippen LogP) is 7.33. The fourth-order valence-corrected chi connectivity index (χ4v) is 3.59. The summed E-state index contributed by atoms with van der Waals surface area (Å²) in [4.78, 5) is 0. The average Bonchev–Trinajstić information content (AvgIpc) is 2.78. The van der Waals surface area contributed by atoms with Crippen LogP contribution in [0.15, 0.2) is 48.6 Å². The Morgan fingerprint density at radius 3 is 1.44 bits per heavy atom. The second-order valence-electron chi connectivity index (χ2n) is 8.44. The maximum Gasteiger partial charge on any atom is 0.0159 e. The first-order valence-corrected chi connectivity index (χ1v) is 9.45. The van der Waals surface area contributed by atoms with Crippen LogP contribution < -0.4 is 0 Å². The van der Waals surface area contributed by atoms with Crippen LogP contribution in [0.5, 0.6) is 0 Å². The molecule has 0 amide bonds. The van der Waals surface area contributed by atoms with Crippen LogP contribution in [0.25, 0.3) is 23.3 Å². The summed E-state index contributed by atoms with van der Waals surface area (Å²) in [7, 11) is 0. The van der Waals surface area contributed by atoms with E-state index in [1.54, 1.807) is 0 Å². The molecule has 3 rings (SSSR count). The monoisotopic (exact) mass is 330 g/mol. The highest BCUT2D eigenvalue weighted by Crippen LogP contribution is 2.49. The Labute approximate surface area is 153 Å². The molecule has 0 saturated carbocycles. The maximum atomic E-state index is 2.37. The van der Waals surface area contributed by atoms with Crippen LogP contribution in [0.1, 0.15) is 63.8 Å². The van der Waals surface area contributed by atoms with E-state index in [4.69, 9.17) is 0 Å². The number of allylic oxidation sites excluding steroid dienone is 2. The van der Waals surface area contributed by atoms with E-state index in [0.717, 1.165) is 0 Å². The van der Waals surface area contributed by atoms with Crippen LogP contribution in [-0.2, 0) is 5.41 Å². The molecule has 130 valence electrons. The highest BCUT2D eigenvalue weighted by Gasteiger charge is 2.35. The van der Waals surface area contributed by atoms with E-state index in [-0.39, 0.29) is 5.41 Å². The minimum Gasteiger partial charge on any atom is -0.0814 e. The second kappa shape index (κ2) is 6.67. The summed E-state index contributed by atoms with van der Waals surface area (Å²) in [5.41, 5.74) is 8.31. The van der Waals surface area contributed by atoms with Gasteiger partial charge in [0.25, 0.3) is 0 Å². The van der Waals surface area contributed by atoms with Crippen LogP contribution in [0.4, 0.5) is 0 Å². The second-order valence-corrected chi connectivity index (χ2v) is 8.44. The first-order valence-electron chi connectivity index (χ1n) is 9.45. The molecule has 0 heteroatoms. The summed E-state index contributed by atoms with van der Waals surface area (Å²) >= 11 is 0. The van der Waals surface area contributed by atoms with E-state index >= 15 is 0 Å². The van der Waals surface area contributed by atoms with Crippen molar-refractivity contribution in [1.82, 2.24) is 0 Å². The molecule has 1 aliphatic carbocycles. The van der Waals surface area contributed by atoms with Crippen LogP contribution in [0, 0.1) is 11.8 Å². The van der Waals surface area contributed by atoms with Gasteiger partial charge in [0.1, 0.15) is 0 Å². The number of rotatable bonds is 4. The first kappa shape index (κ1) is 17.7. The fourth-order valence-electron chi connectivity index (χ4n) is 3.59. The number of hydrogen-bond acceptors (Lipinski definition) is 0. The molecule has 0 atom stereocenters. The van der Waals surface area contributed by atoms with Gasteiger partial charge in [0.2, 0.25) is 0 Å². The van der Waals surface area contributed by atoms with Crippen LogP contribution in [-0.4, -0.2) is 0 Å². The highest BCUT2D eigenvalue weighted by atomic mass is 14.4. The lowest BCUT2D eigenvalue weighted by Crippen LogP contribution is -2.15. The van der Waals surface area contributed by atoms with Gasteiger partial charge in [0.05, 0.1) is 0 Å².